The SMILES string of the molecule is CCCOC1CCN(c2ccc(-c3nnc(-c4ccc(C(=O)O)cc4)s3)cc2)CC1.Cl. The summed E-state index contributed by atoms with van der Waals surface area (Å²) in [7, 11) is 0. The summed E-state index contributed by atoms with van der Waals surface area (Å²) in [5.41, 5.74) is 3.39. The Kier molecular flexibility index (Phi) is 8.01. The summed E-state index contributed by atoms with van der Waals surface area (Å²) >= 11 is 1.50. The molecule has 164 valence electrons. The molecular formula is C23H26ClN3O3S. The summed E-state index contributed by atoms with van der Waals surface area (Å²) in [6, 6.07) is 15.2. The lowest BCUT2D eigenvalue weighted by Gasteiger charge is -2.33. The van der Waals surface area contributed by atoms with Crippen molar-refractivity contribution in [2.24, 2.45) is 0 Å². The molecule has 0 bridgehead atoms. The Hall–Kier alpha value is -2.48. The zero-order valence-electron chi connectivity index (χ0n) is 17.4. The molecule has 0 atom stereocenters. The summed E-state index contributed by atoms with van der Waals surface area (Å²) in [5.74, 6) is -0.933. The Labute approximate surface area is 192 Å². The van der Waals surface area contributed by atoms with Crippen LogP contribution in [-0.2, 0) is 4.74 Å². The fraction of sp³-hybridized carbons (Fsp3) is 0.348. The molecule has 1 aliphatic heterocycles. The Balaban J connectivity index is 0.00000272. The molecule has 1 aliphatic rings. The van der Waals surface area contributed by atoms with Crippen molar-refractivity contribution >= 4 is 35.4 Å². The number of aromatic nitrogens is 2. The van der Waals surface area contributed by atoms with E-state index in [-0.39, 0.29) is 18.0 Å². The van der Waals surface area contributed by atoms with Crippen molar-refractivity contribution in [3.8, 4) is 21.1 Å². The molecule has 2 heterocycles. The first-order chi connectivity index (χ1) is 14.6. The van der Waals surface area contributed by atoms with Gasteiger partial charge in [-0.1, -0.05) is 30.4 Å². The molecular weight excluding hydrogens is 434 g/mol. The van der Waals surface area contributed by atoms with E-state index in [0.29, 0.717) is 6.10 Å². The minimum atomic E-state index is -0.933. The molecule has 31 heavy (non-hydrogen) atoms. The first-order valence-electron chi connectivity index (χ1n) is 10.3. The van der Waals surface area contributed by atoms with Crippen molar-refractivity contribution in [1.82, 2.24) is 10.2 Å². The summed E-state index contributed by atoms with van der Waals surface area (Å²) < 4.78 is 5.88. The number of nitrogens with zero attached hydrogens (tertiary/aromatic N) is 3. The lowest BCUT2D eigenvalue weighted by molar-refractivity contribution is 0.0375. The molecule has 0 aliphatic carbocycles. The van der Waals surface area contributed by atoms with Gasteiger partial charge < -0.3 is 14.7 Å². The average molecular weight is 460 g/mol. The Morgan fingerprint density at radius 2 is 1.58 bits per heavy atom. The highest BCUT2D eigenvalue weighted by atomic mass is 35.5. The second-order valence-electron chi connectivity index (χ2n) is 7.40. The monoisotopic (exact) mass is 459 g/mol. The minimum absolute atomic E-state index is 0. The van der Waals surface area contributed by atoms with Gasteiger partial charge in [-0.15, -0.1) is 22.6 Å². The van der Waals surface area contributed by atoms with E-state index in [9.17, 15) is 4.79 Å². The quantitative estimate of drug-likeness (QED) is 0.510. The summed E-state index contributed by atoms with van der Waals surface area (Å²) in [4.78, 5) is 13.4. The van der Waals surface area contributed by atoms with Gasteiger partial charge in [-0.25, -0.2) is 4.79 Å². The first-order valence-corrected chi connectivity index (χ1v) is 11.1. The Morgan fingerprint density at radius 1 is 1.03 bits per heavy atom. The topological polar surface area (TPSA) is 75.5 Å². The molecule has 1 saturated heterocycles. The van der Waals surface area contributed by atoms with Crippen LogP contribution in [0.3, 0.4) is 0 Å². The Morgan fingerprint density at radius 3 is 2.10 bits per heavy atom. The molecule has 0 amide bonds. The summed E-state index contributed by atoms with van der Waals surface area (Å²) in [6.45, 7) is 5.03. The number of hydrogen-bond donors (Lipinski definition) is 1. The van der Waals surface area contributed by atoms with Crippen LogP contribution >= 0.6 is 23.7 Å². The highest BCUT2D eigenvalue weighted by Gasteiger charge is 2.20. The molecule has 3 aromatic rings. The maximum absolute atomic E-state index is 11.0. The predicted octanol–water partition coefficient (Wildman–Crippen LogP) is 5.39. The molecule has 0 unspecified atom stereocenters. The lowest BCUT2D eigenvalue weighted by Crippen LogP contribution is -2.37. The van der Waals surface area contributed by atoms with Crippen LogP contribution in [-0.4, -0.2) is 47.1 Å². The minimum Gasteiger partial charge on any atom is -0.478 e. The number of ether oxygens (including phenoxy) is 1. The third kappa shape index (κ3) is 5.61. The Bertz CT molecular complexity index is 984. The average Bonchev–Trinajstić information content (AvgIpc) is 3.28. The maximum atomic E-state index is 11.0. The van der Waals surface area contributed by atoms with Gasteiger partial charge in [0, 0.05) is 36.5 Å². The van der Waals surface area contributed by atoms with Crippen LogP contribution in [0, 0.1) is 0 Å². The van der Waals surface area contributed by atoms with Crippen LogP contribution in [0.4, 0.5) is 5.69 Å². The van der Waals surface area contributed by atoms with Gasteiger partial charge in [0.05, 0.1) is 11.7 Å². The molecule has 1 aromatic heterocycles. The molecule has 4 rings (SSSR count). The van der Waals surface area contributed by atoms with E-state index in [1.807, 2.05) is 0 Å². The van der Waals surface area contributed by atoms with E-state index in [2.05, 4.69) is 46.3 Å². The molecule has 0 spiro atoms. The number of carboxylic acids is 1. The van der Waals surface area contributed by atoms with Gasteiger partial charge in [0.2, 0.25) is 0 Å². The molecule has 6 nitrogen and oxygen atoms in total. The number of rotatable bonds is 7. The third-order valence-corrected chi connectivity index (χ3v) is 6.30. The molecule has 2 aromatic carbocycles. The molecule has 1 fully saturated rings. The van der Waals surface area contributed by atoms with E-state index >= 15 is 0 Å². The van der Waals surface area contributed by atoms with Crippen molar-refractivity contribution < 1.29 is 14.6 Å². The standard InChI is InChI=1S/C23H25N3O3S.ClH/c1-2-15-29-20-11-13-26(14-12-20)19-9-7-17(8-10-19)22-25-24-21(30-22)16-3-5-18(6-4-16)23(27)28;/h3-10,20H,2,11-15H2,1H3,(H,27,28);1H. The van der Waals surface area contributed by atoms with Crippen molar-refractivity contribution in [1.29, 1.82) is 0 Å². The highest BCUT2D eigenvalue weighted by Crippen LogP contribution is 2.31. The van der Waals surface area contributed by atoms with Gasteiger partial charge in [0.15, 0.2) is 0 Å². The highest BCUT2D eigenvalue weighted by molar-refractivity contribution is 7.17. The normalized spacial score (nSPS) is 14.3. The van der Waals surface area contributed by atoms with Gasteiger partial charge in [0.25, 0.3) is 0 Å². The number of carboxylic acid groups (broad SMARTS) is 1. The van der Waals surface area contributed by atoms with Crippen molar-refractivity contribution in [3.63, 3.8) is 0 Å². The number of halogens is 1. The fourth-order valence-electron chi connectivity index (χ4n) is 3.59. The van der Waals surface area contributed by atoms with Crippen molar-refractivity contribution in [3.05, 3.63) is 54.1 Å². The second kappa shape index (κ2) is 10.7. The molecule has 1 N–H and O–H groups in total. The van der Waals surface area contributed by atoms with Crippen LogP contribution in [0.1, 0.15) is 36.5 Å². The van der Waals surface area contributed by atoms with E-state index in [1.165, 1.54) is 17.0 Å². The van der Waals surface area contributed by atoms with E-state index in [4.69, 9.17) is 9.84 Å². The van der Waals surface area contributed by atoms with Crippen LogP contribution in [0.15, 0.2) is 48.5 Å². The van der Waals surface area contributed by atoms with Gasteiger partial charge in [0.1, 0.15) is 10.0 Å². The largest absolute Gasteiger partial charge is 0.478 e. The third-order valence-electron chi connectivity index (χ3n) is 5.28. The van der Waals surface area contributed by atoms with Gasteiger partial charge >= 0.3 is 5.97 Å². The molecule has 8 heteroatoms. The van der Waals surface area contributed by atoms with Crippen molar-refractivity contribution in [2.75, 3.05) is 24.6 Å². The van der Waals surface area contributed by atoms with Crippen LogP contribution in [0.5, 0.6) is 0 Å². The molecule has 0 radical (unpaired) electrons. The second-order valence-corrected chi connectivity index (χ2v) is 8.38. The van der Waals surface area contributed by atoms with E-state index < -0.39 is 5.97 Å². The van der Waals surface area contributed by atoms with E-state index in [1.54, 1.807) is 24.3 Å². The van der Waals surface area contributed by atoms with Gasteiger partial charge in [-0.3, -0.25) is 0 Å². The van der Waals surface area contributed by atoms with Crippen molar-refractivity contribution in [2.45, 2.75) is 32.3 Å². The number of benzene rings is 2. The number of hydrogen-bond acceptors (Lipinski definition) is 6. The number of piperidine rings is 1. The zero-order valence-corrected chi connectivity index (χ0v) is 19.0. The fourth-order valence-corrected chi connectivity index (χ4v) is 4.45. The maximum Gasteiger partial charge on any atom is 0.335 e. The van der Waals surface area contributed by atoms with Crippen LogP contribution in [0.25, 0.3) is 21.1 Å². The summed E-state index contributed by atoms with van der Waals surface area (Å²) in [6.07, 6.45) is 3.61. The predicted molar refractivity (Wildman–Crippen MR) is 126 cm³/mol. The number of anilines is 1. The lowest BCUT2D eigenvalue weighted by atomic mass is 10.1. The number of aromatic carboxylic acids is 1. The van der Waals surface area contributed by atoms with Crippen LogP contribution in [0.2, 0.25) is 0 Å². The van der Waals surface area contributed by atoms with Crippen LogP contribution < -0.4 is 4.90 Å². The smallest absolute Gasteiger partial charge is 0.335 e. The zero-order chi connectivity index (χ0) is 20.9. The van der Waals surface area contributed by atoms with Gasteiger partial charge in [-0.05, 0) is 55.7 Å². The number of carbonyl (C=O) groups is 1. The van der Waals surface area contributed by atoms with Gasteiger partial charge in [-0.2, -0.15) is 0 Å². The van der Waals surface area contributed by atoms with E-state index in [0.717, 1.165) is 60.1 Å². The molecule has 0 saturated carbocycles. The summed E-state index contributed by atoms with van der Waals surface area (Å²) in [5, 5.41) is 19.3. The first kappa shape index (κ1) is 23.2.